The standard InChI is InChI=1S/C19H16O/c1-2-16-11-14-3-4-15-6-8-18(19(12-15)13-20)10-9-17(16)7-5-14/h1,5-8,11-13H,3-4,9-10H2. The Morgan fingerprint density at radius 1 is 0.900 bits per heavy atom. The van der Waals surface area contributed by atoms with Gasteiger partial charge in [0, 0.05) is 11.1 Å². The number of benzene rings is 2. The molecule has 1 heteroatoms. The van der Waals surface area contributed by atoms with Crippen molar-refractivity contribution in [3.8, 4) is 12.3 Å². The highest BCUT2D eigenvalue weighted by atomic mass is 16.1. The number of carbonyl (C=O) groups is 1. The molecule has 4 aliphatic rings. The average Bonchev–Trinajstić information content (AvgIpc) is 2.49. The summed E-state index contributed by atoms with van der Waals surface area (Å²) in [5.74, 6) is 2.79. The molecule has 0 heterocycles. The lowest BCUT2D eigenvalue weighted by Crippen LogP contribution is -2.03. The molecule has 0 amide bonds. The van der Waals surface area contributed by atoms with Crippen molar-refractivity contribution < 1.29 is 4.79 Å². The summed E-state index contributed by atoms with van der Waals surface area (Å²) in [6.45, 7) is 0. The van der Waals surface area contributed by atoms with Crippen LogP contribution >= 0.6 is 0 Å². The summed E-state index contributed by atoms with van der Waals surface area (Å²) >= 11 is 0. The number of hydrogen-bond donors (Lipinski definition) is 0. The predicted molar refractivity (Wildman–Crippen MR) is 81.0 cm³/mol. The maximum absolute atomic E-state index is 11.2. The van der Waals surface area contributed by atoms with Crippen molar-refractivity contribution >= 4 is 6.29 Å². The first kappa shape index (κ1) is 12.7. The number of aldehydes is 1. The lowest BCUT2D eigenvalue weighted by atomic mass is 9.91. The molecule has 1 nitrogen and oxygen atoms in total. The highest BCUT2D eigenvalue weighted by Crippen LogP contribution is 2.20. The van der Waals surface area contributed by atoms with E-state index < -0.39 is 0 Å². The van der Waals surface area contributed by atoms with Crippen molar-refractivity contribution in [1.82, 2.24) is 0 Å². The van der Waals surface area contributed by atoms with E-state index in [4.69, 9.17) is 6.42 Å². The Hall–Kier alpha value is -2.33. The van der Waals surface area contributed by atoms with Crippen LogP contribution in [0.25, 0.3) is 0 Å². The first-order valence-electron chi connectivity index (χ1n) is 6.95. The lowest BCUT2D eigenvalue weighted by Gasteiger charge is -2.13. The van der Waals surface area contributed by atoms with E-state index in [1.165, 1.54) is 16.7 Å². The van der Waals surface area contributed by atoms with Gasteiger partial charge in [0.2, 0.25) is 0 Å². The van der Waals surface area contributed by atoms with E-state index >= 15 is 0 Å². The molecule has 2 aromatic rings. The van der Waals surface area contributed by atoms with Gasteiger partial charge < -0.3 is 0 Å². The van der Waals surface area contributed by atoms with Crippen LogP contribution in [0.4, 0.5) is 0 Å². The molecule has 0 aliphatic heterocycles. The molecule has 4 aliphatic carbocycles. The summed E-state index contributed by atoms with van der Waals surface area (Å²) in [5, 5.41) is 0. The smallest absolute Gasteiger partial charge is 0.150 e. The van der Waals surface area contributed by atoms with Crippen LogP contribution in [-0.4, -0.2) is 6.29 Å². The van der Waals surface area contributed by atoms with Crippen molar-refractivity contribution in [3.05, 3.63) is 69.8 Å². The molecule has 0 unspecified atom stereocenters. The van der Waals surface area contributed by atoms with Crippen molar-refractivity contribution in [2.75, 3.05) is 0 Å². The molecule has 4 bridgehead atoms. The molecule has 0 fully saturated rings. The second kappa shape index (κ2) is 5.35. The Kier molecular flexibility index (Phi) is 3.39. The first-order chi connectivity index (χ1) is 9.80. The zero-order valence-corrected chi connectivity index (χ0v) is 11.4. The van der Waals surface area contributed by atoms with Crippen molar-refractivity contribution in [2.24, 2.45) is 0 Å². The zero-order chi connectivity index (χ0) is 13.9. The molecule has 0 spiro atoms. The fraction of sp³-hybridized carbons (Fsp3) is 0.211. The van der Waals surface area contributed by atoms with Crippen LogP contribution in [-0.2, 0) is 25.7 Å². The van der Waals surface area contributed by atoms with Crippen molar-refractivity contribution in [3.63, 3.8) is 0 Å². The van der Waals surface area contributed by atoms with E-state index in [1.54, 1.807) is 0 Å². The minimum Gasteiger partial charge on any atom is -0.298 e. The van der Waals surface area contributed by atoms with Gasteiger partial charge in [-0.3, -0.25) is 4.79 Å². The second-order valence-corrected chi connectivity index (χ2v) is 5.29. The first-order valence-corrected chi connectivity index (χ1v) is 6.95. The number of hydrogen-bond acceptors (Lipinski definition) is 1. The monoisotopic (exact) mass is 260 g/mol. The van der Waals surface area contributed by atoms with Gasteiger partial charge in [-0.1, -0.05) is 30.2 Å². The molecular weight excluding hydrogens is 244 g/mol. The molecule has 0 N–H and O–H groups in total. The SMILES string of the molecule is C#Cc1cc2ccc1CCc1ccc(cc1C=O)CC2. The second-order valence-electron chi connectivity index (χ2n) is 5.29. The van der Waals surface area contributed by atoms with Gasteiger partial charge in [-0.15, -0.1) is 6.42 Å². The largest absolute Gasteiger partial charge is 0.298 e. The van der Waals surface area contributed by atoms with Gasteiger partial charge in [-0.05, 0) is 60.1 Å². The molecule has 0 saturated heterocycles. The minimum atomic E-state index is 0.819. The number of terminal acetylenes is 1. The molecule has 0 radical (unpaired) electrons. The summed E-state index contributed by atoms with van der Waals surface area (Å²) in [6, 6.07) is 12.7. The van der Waals surface area contributed by atoms with Crippen molar-refractivity contribution in [1.29, 1.82) is 0 Å². The molecule has 2 aromatic carbocycles. The van der Waals surface area contributed by atoms with E-state index in [1.807, 2.05) is 6.07 Å². The number of aryl methyl sites for hydroxylation is 4. The number of carbonyl (C=O) groups excluding carboxylic acids is 1. The van der Waals surface area contributed by atoms with E-state index in [0.717, 1.165) is 48.7 Å². The van der Waals surface area contributed by atoms with E-state index in [0.29, 0.717) is 0 Å². The fourth-order valence-corrected chi connectivity index (χ4v) is 2.83. The molecule has 6 rings (SSSR count). The third-order valence-electron chi connectivity index (χ3n) is 4.03. The summed E-state index contributed by atoms with van der Waals surface area (Å²) in [4.78, 5) is 11.2. The quantitative estimate of drug-likeness (QED) is 0.567. The highest BCUT2D eigenvalue weighted by Gasteiger charge is 2.09. The van der Waals surface area contributed by atoms with E-state index in [9.17, 15) is 4.79 Å². The Morgan fingerprint density at radius 2 is 1.55 bits per heavy atom. The summed E-state index contributed by atoms with van der Waals surface area (Å²) in [6.07, 6.45) is 10.2. The lowest BCUT2D eigenvalue weighted by molar-refractivity contribution is 0.112. The number of rotatable bonds is 1. The van der Waals surface area contributed by atoms with Crippen LogP contribution < -0.4 is 0 Å². The van der Waals surface area contributed by atoms with E-state index in [2.05, 4.69) is 36.3 Å². The Bertz CT molecular complexity index is 704. The normalized spacial score (nSPS) is 13.3. The Labute approximate surface area is 119 Å². The summed E-state index contributed by atoms with van der Waals surface area (Å²) in [7, 11) is 0. The minimum absolute atomic E-state index is 0.819. The van der Waals surface area contributed by atoms with Crippen LogP contribution in [0.15, 0.2) is 36.4 Å². The average molecular weight is 260 g/mol. The van der Waals surface area contributed by atoms with Crippen LogP contribution in [0.1, 0.15) is 38.2 Å². The Morgan fingerprint density at radius 3 is 2.25 bits per heavy atom. The predicted octanol–water partition coefficient (Wildman–Crippen LogP) is 3.36. The molecule has 0 saturated carbocycles. The van der Waals surface area contributed by atoms with Gasteiger partial charge in [0.15, 0.2) is 0 Å². The topological polar surface area (TPSA) is 17.1 Å². The van der Waals surface area contributed by atoms with Crippen LogP contribution in [0.5, 0.6) is 0 Å². The summed E-state index contributed by atoms with van der Waals surface area (Å²) in [5.41, 5.74) is 6.58. The fourth-order valence-electron chi connectivity index (χ4n) is 2.83. The maximum Gasteiger partial charge on any atom is 0.150 e. The molecule has 98 valence electrons. The molecule has 0 atom stereocenters. The zero-order valence-electron chi connectivity index (χ0n) is 11.4. The van der Waals surface area contributed by atoms with Crippen LogP contribution in [0.2, 0.25) is 0 Å². The summed E-state index contributed by atoms with van der Waals surface area (Å²) < 4.78 is 0. The van der Waals surface area contributed by atoms with Gasteiger partial charge in [0.1, 0.15) is 6.29 Å². The van der Waals surface area contributed by atoms with Crippen LogP contribution in [0.3, 0.4) is 0 Å². The van der Waals surface area contributed by atoms with Crippen molar-refractivity contribution in [2.45, 2.75) is 25.7 Å². The molecule has 20 heavy (non-hydrogen) atoms. The highest BCUT2D eigenvalue weighted by molar-refractivity contribution is 5.77. The van der Waals surface area contributed by atoms with Gasteiger partial charge in [0.25, 0.3) is 0 Å². The van der Waals surface area contributed by atoms with Gasteiger partial charge >= 0.3 is 0 Å². The third-order valence-corrected chi connectivity index (χ3v) is 4.03. The third kappa shape index (κ3) is 2.38. The Balaban J connectivity index is 2.07. The van der Waals surface area contributed by atoms with Gasteiger partial charge in [0.05, 0.1) is 0 Å². The maximum atomic E-state index is 11.2. The van der Waals surface area contributed by atoms with Gasteiger partial charge in [-0.2, -0.15) is 0 Å². The van der Waals surface area contributed by atoms with Crippen LogP contribution in [0, 0.1) is 12.3 Å². The molecular formula is C19H16O. The molecule has 0 aromatic heterocycles. The van der Waals surface area contributed by atoms with Gasteiger partial charge in [-0.25, -0.2) is 0 Å². The van der Waals surface area contributed by atoms with E-state index in [-0.39, 0.29) is 0 Å².